The molecule has 0 aromatic carbocycles. The first kappa shape index (κ1) is 7.97. The highest BCUT2D eigenvalue weighted by Crippen LogP contribution is 2.30. The van der Waals surface area contributed by atoms with E-state index in [0.717, 1.165) is 11.8 Å². The van der Waals surface area contributed by atoms with Gasteiger partial charge in [0.25, 0.3) is 0 Å². The Morgan fingerprint density at radius 1 is 1.40 bits per heavy atom. The second kappa shape index (κ2) is 3.90. The fourth-order valence-electron chi connectivity index (χ4n) is 2.11. The van der Waals surface area contributed by atoms with Gasteiger partial charge in [0.1, 0.15) is 0 Å². The Hall–Kier alpha value is -0.130. The quantitative estimate of drug-likeness (QED) is 0.514. The Morgan fingerprint density at radius 3 is 2.80 bits per heavy atom. The molecule has 0 bridgehead atoms. The molecule has 0 aromatic heterocycles. The molecule has 2 atom stereocenters. The monoisotopic (exact) mass is 139 g/mol. The average Bonchev–Trinajstić information content (AvgIpc) is 1.88. The summed E-state index contributed by atoms with van der Waals surface area (Å²) in [5.41, 5.74) is 0. The standard InChI is InChI=1S/C10H19/c1-3-5-10-7-4-6-9(2)8-10/h3,9-10H,4-8H2,1-2H3/q+1. The van der Waals surface area contributed by atoms with Gasteiger partial charge in [0, 0.05) is 0 Å². The molecule has 0 heteroatoms. The van der Waals surface area contributed by atoms with Crippen LogP contribution in [0.25, 0.3) is 0 Å². The first-order valence-corrected chi connectivity index (χ1v) is 4.60. The van der Waals surface area contributed by atoms with E-state index in [9.17, 15) is 0 Å². The van der Waals surface area contributed by atoms with E-state index >= 15 is 0 Å². The van der Waals surface area contributed by atoms with Gasteiger partial charge >= 0.3 is 0 Å². The fraction of sp³-hybridized carbons (Fsp3) is 0.900. The van der Waals surface area contributed by atoms with Crippen LogP contribution < -0.4 is 0 Å². The molecule has 0 nitrogen and oxygen atoms in total. The topological polar surface area (TPSA) is 0 Å². The van der Waals surface area contributed by atoms with Gasteiger partial charge in [0.2, 0.25) is 0 Å². The van der Waals surface area contributed by atoms with Gasteiger partial charge < -0.3 is 0 Å². The predicted molar refractivity (Wildman–Crippen MR) is 45.7 cm³/mol. The van der Waals surface area contributed by atoms with Crippen molar-refractivity contribution in [2.45, 2.75) is 46.0 Å². The van der Waals surface area contributed by atoms with E-state index in [1.807, 2.05) is 0 Å². The van der Waals surface area contributed by atoms with Crippen molar-refractivity contribution in [3.8, 4) is 0 Å². The van der Waals surface area contributed by atoms with Gasteiger partial charge in [0.05, 0.1) is 19.8 Å². The van der Waals surface area contributed by atoms with Crippen molar-refractivity contribution < 1.29 is 0 Å². The highest BCUT2D eigenvalue weighted by atomic mass is 14.2. The summed E-state index contributed by atoms with van der Waals surface area (Å²) in [4.78, 5) is 0. The van der Waals surface area contributed by atoms with Crippen LogP contribution in [0, 0.1) is 18.3 Å². The van der Waals surface area contributed by atoms with Crippen molar-refractivity contribution in [2.75, 3.05) is 0 Å². The molecule has 1 aliphatic rings. The Morgan fingerprint density at radius 2 is 2.20 bits per heavy atom. The molecule has 0 spiro atoms. The lowest BCUT2D eigenvalue weighted by Gasteiger charge is -2.23. The Kier molecular flexibility index (Phi) is 3.11. The summed E-state index contributed by atoms with van der Waals surface area (Å²) in [6, 6.07) is 0. The van der Waals surface area contributed by atoms with E-state index in [1.165, 1.54) is 32.1 Å². The van der Waals surface area contributed by atoms with Crippen LogP contribution in [0.15, 0.2) is 0 Å². The van der Waals surface area contributed by atoms with Gasteiger partial charge in [-0.3, -0.25) is 0 Å². The second-order valence-corrected chi connectivity index (χ2v) is 3.78. The number of rotatable bonds is 2. The van der Waals surface area contributed by atoms with Gasteiger partial charge in [-0.05, 0) is 24.7 Å². The molecule has 2 unspecified atom stereocenters. The summed E-state index contributed by atoms with van der Waals surface area (Å²) in [6.07, 6.45) is 9.58. The van der Waals surface area contributed by atoms with Crippen LogP contribution >= 0.6 is 0 Å². The normalized spacial score (nSPS) is 33.8. The van der Waals surface area contributed by atoms with Crippen molar-refractivity contribution in [1.82, 2.24) is 0 Å². The summed E-state index contributed by atoms with van der Waals surface area (Å²) >= 11 is 0. The lowest BCUT2D eigenvalue weighted by atomic mass is 9.80. The highest BCUT2D eigenvalue weighted by molar-refractivity contribution is 4.74. The number of hydrogen-bond donors (Lipinski definition) is 0. The van der Waals surface area contributed by atoms with E-state index < -0.39 is 0 Å². The van der Waals surface area contributed by atoms with E-state index in [-0.39, 0.29) is 0 Å². The van der Waals surface area contributed by atoms with Crippen molar-refractivity contribution >= 4 is 0 Å². The molecule has 1 saturated carbocycles. The summed E-state index contributed by atoms with van der Waals surface area (Å²) < 4.78 is 0. The summed E-state index contributed by atoms with van der Waals surface area (Å²) in [7, 11) is 0. The molecule has 0 radical (unpaired) electrons. The third-order valence-electron chi connectivity index (χ3n) is 2.61. The van der Waals surface area contributed by atoms with Gasteiger partial charge in [-0.2, -0.15) is 0 Å². The molecule has 10 heavy (non-hydrogen) atoms. The van der Waals surface area contributed by atoms with Gasteiger partial charge in [0.15, 0.2) is 0 Å². The zero-order valence-corrected chi connectivity index (χ0v) is 7.27. The molecular formula is C10H19+. The minimum Gasteiger partial charge on any atom is -0.0625 e. The molecule has 0 N–H and O–H groups in total. The zero-order valence-electron chi connectivity index (χ0n) is 7.27. The molecule has 0 amide bonds. The van der Waals surface area contributed by atoms with Crippen LogP contribution in [0.1, 0.15) is 46.0 Å². The van der Waals surface area contributed by atoms with Crippen LogP contribution in [-0.2, 0) is 0 Å². The third kappa shape index (κ3) is 2.24. The van der Waals surface area contributed by atoms with Crippen LogP contribution in [0.3, 0.4) is 0 Å². The van der Waals surface area contributed by atoms with E-state index in [0.29, 0.717) is 0 Å². The molecule has 1 rings (SSSR count). The highest BCUT2D eigenvalue weighted by Gasteiger charge is 2.19. The maximum Gasteiger partial charge on any atom is 0.0900 e. The minimum absolute atomic E-state index is 0.999. The maximum absolute atomic E-state index is 2.39. The molecule has 0 aliphatic heterocycles. The van der Waals surface area contributed by atoms with Crippen LogP contribution in [-0.4, -0.2) is 0 Å². The summed E-state index contributed by atoms with van der Waals surface area (Å²) in [5, 5.41) is 0. The fourth-order valence-corrected chi connectivity index (χ4v) is 2.11. The van der Waals surface area contributed by atoms with E-state index in [2.05, 4.69) is 20.3 Å². The predicted octanol–water partition coefficient (Wildman–Crippen LogP) is 3.43. The summed E-state index contributed by atoms with van der Waals surface area (Å²) in [6.45, 7) is 4.57. The first-order chi connectivity index (χ1) is 4.83. The third-order valence-corrected chi connectivity index (χ3v) is 2.61. The molecule has 58 valence electrons. The molecule has 0 saturated heterocycles. The smallest absolute Gasteiger partial charge is 0.0625 e. The number of hydrogen-bond acceptors (Lipinski definition) is 0. The lowest BCUT2D eigenvalue weighted by molar-refractivity contribution is 0.280. The van der Waals surface area contributed by atoms with Gasteiger partial charge in [-0.25, -0.2) is 0 Å². The van der Waals surface area contributed by atoms with Crippen molar-refractivity contribution in [3.63, 3.8) is 0 Å². The minimum atomic E-state index is 0.999. The van der Waals surface area contributed by atoms with E-state index in [1.54, 1.807) is 0 Å². The van der Waals surface area contributed by atoms with E-state index in [4.69, 9.17) is 0 Å². The zero-order chi connectivity index (χ0) is 7.40. The molecule has 1 aliphatic carbocycles. The Labute approximate surface area is 65.0 Å². The SMILES string of the molecule is C[CH+]CC1CCCC(C)C1. The Bertz CT molecular complexity index is 84.0. The lowest BCUT2D eigenvalue weighted by Crippen LogP contribution is -2.12. The molecule has 0 aromatic rings. The van der Waals surface area contributed by atoms with Crippen LogP contribution in [0.4, 0.5) is 0 Å². The largest absolute Gasteiger partial charge is 0.0900 e. The average molecular weight is 139 g/mol. The van der Waals surface area contributed by atoms with Gasteiger partial charge in [-0.15, -0.1) is 0 Å². The maximum atomic E-state index is 2.39. The first-order valence-electron chi connectivity index (χ1n) is 4.60. The summed E-state index contributed by atoms with van der Waals surface area (Å²) in [5.74, 6) is 2.02. The van der Waals surface area contributed by atoms with Crippen molar-refractivity contribution in [2.24, 2.45) is 11.8 Å². The van der Waals surface area contributed by atoms with Crippen molar-refractivity contribution in [1.29, 1.82) is 0 Å². The molecular weight excluding hydrogens is 120 g/mol. The van der Waals surface area contributed by atoms with Crippen molar-refractivity contribution in [3.05, 3.63) is 6.42 Å². The van der Waals surface area contributed by atoms with Crippen LogP contribution in [0.5, 0.6) is 0 Å². The molecule has 0 heterocycles. The second-order valence-electron chi connectivity index (χ2n) is 3.78. The van der Waals surface area contributed by atoms with Crippen LogP contribution in [0.2, 0.25) is 0 Å². The Balaban J connectivity index is 2.18. The van der Waals surface area contributed by atoms with Gasteiger partial charge in [-0.1, -0.05) is 19.8 Å². The molecule has 1 fully saturated rings.